The summed E-state index contributed by atoms with van der Waals surface area (Å²) < 4.78 is 0. The number of hydrogen-bond donors (Lipinski definition) is 1. The van der Waals surface area contributed by atoms with Gasteiger partial charge in [-0.05, 0) is 37.3 Å². The first-order chi connectivity index (χ1) is 6.44. The van der Waals surface area contributed by atoms with Crippen molar-refractivity contribution in [2.45, 2.75) is 26.2 Å². The second-order valence-electron chi connectivity index (χ2n) is 3.67. The smallest absolute Gasteiger partial charge is 0.325 e. The summed E-state index contributed by atoms with van der Waals surface area (Å²) in [5.74, 6) is -1.53. The van der Waals surface area contributed by atoms with E-state index in [0.29, 0.717) is 24.0 Å². The van der Waals surface area contributed by atoms with Crippen LogP contribution in [0, 0.1) is 5.41 Å². The van der Waals surface area contributed by atoms with Gasteiger partial charge < -0.3 is 5.11 Å². The zero-order chi connectivity index (χ0) is 10.9. The molecule has 1 N–H and O–H groups in total. The molecule has 0 spiro atoms. The molecule has 0 atom stereocenters. The van der Waals surface area contributed by atoms with Crippen LogP contribution in [0.15, 0.2) is 24.3 Å². The Labute approximate surface area is 83.1 Å². The molecule has 1 fully saturated rings. The molecule has 0 heterocycles. The Bertz CT molecular complexity index is 293. The van der Waals surface area contributed by atoms with Crippen molar-refractivity contribution < 1.29 is 14.7 Å². The molecule has 0 saturated heterocycles. The highest BCUT2D eigenvalue weighted by Crippen LogP contribution is 2.44. The van der Waals surface area contributed by atoms with Crippen molar-refractivity contribution in [2.24, 2.45) is 5.41 Å². The van der Waals surface area contributed by atoms with Crippen LogP contribution in [0.25, 0.3) is 0 Å². The Hall–Kier alpha value is -1.38. The highest BCUT2D eigenvalue weighted by Gasteiger charge is 2.49. The number of carbonyl (C=O) groups excluding carboxylic acids is 1. The molecule has 14 heavy (non-hydrogen) atoms. The lowest BCUT2D eigenvalue weighted by Crippen LogP contribution is -2.43. The van der Waals surface area contributed by atoms with E-state index in [1.54, 1.807) is 0 Å². The molecule has 1 rings (SSSR count). The van der Waals surface area contributed by atoms with E-state index in [-0.39, 0.29) is 5.78 Å². The van der Waals surface area contributed by atoms with Crippen molar-refractivity contribution in [1.82, 2.24) is 0 Å². The lowest BCUT2D eigenvalue weighted by atomic mass is 9.65. The van der Waals surface area contributed by atoms with E-state index < -0.39 is 11.4 Å². The van der Waals surface area contributed by atoms with E-state index >= 15 is 0 Å². The molecular formula is C11H14O3. The molecule has 1 saturated carbocycles. The van der Waals surface area contributed by atoms with Gasteiger partial charge in [-0.25, -0.2) is 0 Å². The molecule has 3 nitrogen and oxygen atoms in total. The average Bonchev–Trinajstić information content (AvgIpc) is 2.02. The summed E-state index contributed by atoms with van der Waals surface area (Å²) in [4.78, 5) is 22.7. The Morgan fingerprint density at radius 2 is 1.71 bits per heavy atom. The number of aliphatic carboxylic acids is 1. The van der Waals surface area contributed by atoms with Crippen molar-refractivity contribution >= 4 is 11.8 Å². The van der Waals surface area contributed by atoms with Crippen LogP contribution in [0.1, 0.15) is 26.2 Å². The Kier molecular flexibility index (Phi) is 2.60. The largest absolute Gasteiger partial charge is 0.480 e. The number of ketones is 1. The van der Waals surface area contributed by atoms with Gasteiger partial charge in [0.15, 0.2) is 11.2 Å². The van der Waals surface area contributed by atoms with Crippen LogP contribution in [0.3, 0.4) is 0 Å². The van der Waals surface area contributed by atoms with Gasteiger partial charge in [0.1, 0.15) is 0 Å². The Morgan fingerprint density at radius 1 is 1.29 bits per heavy atom. The second-order valence-corrected chi connectivity index (χ2v) is 3.67. The van der Waals surface area contributed by atoms with Gasteiger partial charge in [-0.3, -0.25) is 9.59 Å². The maximum absolute atomic E-state index is 11.5. The van der Waals surface area contributed by atoms with Crippen LogP contribution in [0.2, 0.25) is 0 Å². The van der Waals surface area contributed by atoms with E-state index in [9.17, 15) is 9.59 Å². The second kappa shape index (κ2) is 3.40. The summed E-state index contributed by atoms with van der Waals surface area (Å²) in [7, 11) is 0. The van der Waals surface area contributed by atoms with Crippen LogP contribution in [0.5, 0.6) is 0 Å². The third-order valence-electron chi connectivity index (χ3n) is 2.87. The molecule has 1 aliphatic carbocycles. The summed E-state index contributed by atoms with van der Waals surface area (Å²) >= 11 is 0. The molecule has 0 aromatic carbocycles. The monoisotopic (exact) mass is 194 g/mol. The molecule has 0 amide bonds. The first-order valence-corrected chi connectivity index (χ1v) is 4.55. The lowest BCUT2D eigenvalue weighted by molar-refractivity contribution is -0.149. The highest BCUT2D eigenvalue weighted by atomic mass is 16.4. The normalized spacial score (nSPS) is 20.6. The molecule has 1 aliphatic rings. The first kappa shape index (κ1) is 10.7. The van der Waals surface area contributed by atoms with Crippen molar-refractivity contribution in [3.8, 4) is 0 Å². The van der Waals surface area contributed by atoms with Crippen LogP contribution < -0.4 is 0 Å². The average molecular weight is 194 g/mol. The van der Waals surface area contributed by atoms with Gasteiger partial charge in [0.2, 0.25) is 0 Å². The van der Waals surface area contributed by atoms with E-state index in [1.165, 1.54) is 6.92 Å². The summed E-state index contributed by atoms with van der Waals surface area (Å²) in [6, 6.07) is 0. The summed E-state index contributed by atoms with van der Waals surface area (Å²) in [6.07, 6.45) is 2.01. The zero-order valence-electron chi connectivity index (χ0n) is 8.30. The molecular weight excluding hydrogens is 180 g/mol. The molecule has 0 radical (unpaired) electrons. The topological polar surface area (TPSA) is 54.4 Å². The summed E-state index contributed by atoms with van der Waals surface area (Å²) in [5, 5.41) is 9.16. The molecule has 3 heteroatoms. The fourth-order valence-electron chi connectivity index (χ4n) is 2.09. The van der Waals surface area contributed by atoms with Crippen molar-refractivity contribution in [2.75, 3.05) is 0 Å². The lowest BCUT2D eigenvalue weighted by Gasteiger charge is -2.35. The van der Waals surface area contributed by atoms with Gasteiger partial charge in [0, 0.05) is 0 Å². The van der Waals surface area contributed by atoms with Crippen molar-refractivity contribution in [3.63, 3.8) is 0 Å². The maximum Gasteiger partial charge on any atom is 0.325 e. The number of carboxylic acids is 1. The van der Waals surface area contributed by atoms with Gasteiger partial charge in [-0.15, -0.1) is 0 Å². The van der Waals surface area contributed by atoms with Crippen LogP contribution in [0.4, 0.5) is 0 Å². The molecule has 0 bridgehead atoms. The fourth-order valence-corrected chi connectivity index (χ4v) is 2.09. The maximum atomic E-state index is 11.5. The highest BCUT2D eigenvalue weighted by molar-refractivity contribution is 6.08. The minimum Gasteiger partial charge on any atom is -0.480 e. The standard InChI is InChI=1S/C11H14O3/c1-7-5-4-6-8(2)11(7,9(3)12)10(13)14/h1-2,4-6H2,3H3,(H,13,14). The third-order valence-corrected chi connectivity index (χ3v) is 2.87. The van der Waals surface area contributed by atoms with E-state index in [0.717, 1.165) is 6.42 Å². The minimum absolute atomic E-state index is 0.389. The predicted molar refractivity (Wildman–Crippen MR) is 52.9 cm³/mol. The van der Waals surface area contributed by atoms with Gasteiger partial charge in [-0.2, -0.15) is 0 Å². The zero-order valence-corrected chi connectivity index (χ0v) is 8.30. The van der Waals surface area contributed by atoms with Crippen LogP contribution >= 0.6 is 0 Å². The van der Waals surface area contributed by atoms with Gasteiger partial charge in [-0.1, -0.05) is 13.2 Å². The molecule has 0 aromatic heterocycles. The van der Waals surface area contributed by atoms with Crippen molar-refractivity contribution in [1.29, 1.82) is 0 Å². The van der Waals surface area contributed by atoms with Crippen LogP contribution in [-0.2, 0) is 9.59 Å². The molecule has 0 aliphatic heterocycles. The number of Topliss-reactive ketones (excluding diaryl/α,β-unsaturated/α-hetero) is 1. The molecule has 0 unspecified atom stereocenters. The third kappa shape index (κ3) is 1.20. The molecule has 76 valence electrons. The van der Waals surface area contributed by atoms with Gasteiger partial charge in [0.05, 0.1) is 0 Å². The molecule has 0 aromatic rings. The van der Waals surface area contributed by atoms with E-state index in [4.69, 9.17) is 5.11 Å². The predicted octanol–water partition coefficient (Wildman–Crippen LogP) is 1.94. The Morgan fingerprint density at radius 3 is 1.93 bits per heavy atom. The summed E-state index contributed by atoms with van der Waals surface area (Å²) in [6.45, 7) is 8.68. The summed E-state index contributed by atoms with van der Waals surface area (Å²) in [5.41, 5.74) is -0.583. The minimum atomic E-state index is -1.52. The van der Waals surface area contributed by atoms with E-state index in [2.05, 4.69) is 13.2 Å². The van der Waals surface area contributed by atoms with Gasteiger partial charge in [0.25, 0.3) is 0 Å². The number of carbonyl (C=O) groups is 2. The number of carboxylic acid groups (broad SMARTS) is 1. The number of hydrogen-bond acceptors (Lipinski definition) is 2. The van der Waals surface area contributed by atoms with Gasteiger partial charge >= 0.3 is 5.97 Å². The number of rotatable bonds is 2. The van der Waals surface area contributed by atoms with Crippen LogP contribution in [-0.4, -0.2) is 16.9 Å². The SMILES string of the molecule is C=C1CCCC(=C)C1(C(C)=O)C(=O)O. The first-order valence-electron chi connectivity index (χ1n) is 4.55. The van der Waals surface area contributed by atoms with E-state index in [1.807, 2.05) is 0 Å². The fraction of sp³-hybridized carbons (Fsp3) is 0.455. The quantitative estimate of drug-likeness (QED) is 0.540. The van der Waals surface area contributed by atoms with Crippen molar-refractivity contribution in [3.05, 3.63) is 24.3 Å². The Balaban J connectivity index is 3.29.